The second-order valence-electron chi connectivity index (χ2n) is 9.77. The van der Waals surface area contributed by atoms with Gasteiger partial charge in [-0.1, -0.05) is 72.8 Å². The van der Waals surface area contributed by atoms with Crippen molar-refractivity contribution in [1.82, 2.24) is 9.71 Å². The van der Waals surface area contributed by atoms with Crippen LogP contribution in [0.4, 0.5) is 5.69 Å². The van der Waals surface area contributed by atoms with Crippen molar-refractivity contribution in [2.24, 2.45) is 0 Å². The zero-order valence-corrected chi connectivity index (χ0v) is 23.6. The number of amides is 1. The SMILES string of the molecule is Cc1cc(S(=O)(=O)NCc2ccccc2)cnc1-c1ccc(N(Cc2ccccc2)C(=O)c2ccc(O)cc2O)cc1. The lowest BCUT2D eigenvalue weighted by molar-refractivity contribution is 0.0982. The molecule has 0 fully saturated rings. The van der Waals surface area contributed by atoms with Crippen LogP contribution in [0.15, 0.2) is 120 Å². The van der Waals surface area contributed by atoms with Crippen molar-refractivity contribution in [3.05, 3.63) is 138 Å². The van der Waals surface area contributed by atoms with Gasteiger partial charge in [0.25, 0.3) is 5.91 Å². The highest BCUT2D eigenvalue weighted by Gasteiger charge is 2.22. The smallest absolute Gasteiger partial charge is 0.262 e. The number of phenolic OH excluding ortho intramolecular Hbond substituents is 2. The molecule has 42 heavy (non-hydrogen) atoms. The highest BCUT2D eigenvalue weighted by molar-refractivity contribution is 7.89. The van der Waals surface area contributed by atoms with E-state index < -0.39 is 15.9 Å². The van der Waals surface area contributed by atoms with E-state index in [1.807, 2.05) is 72.8 Å². The van der Waals surface area contributed by atoms with E-state index in [2.05, 4.69) is 9.71 Å². The topological polar surface area (TPSA) is 120 Å². The average Bonchev–Trinajstić information content (AvgIpc) is 3.00. The van der Waals surface area contributed by atoms with Crippen molar-refractivity contribution in [2.75, 3.05) is 4.90 Å². The maximum Gasteiger partial charge on any atom is 0.262 e. The molecule has 1 heterocycles. The summed E-state index contributed by atoms with van der Waals surface area (Å²) in [5, 5.41) is 20.0. The summed E-state index contributed by atoms with van der Waals surface area (Å²) in [6.45, 7) is 2.22. The molecule has 3 N–H and O–H groups in total. The minimum atomic E-state index is -3.76. The van der Waals surface area contributed by atoms with Crippen LogP contribution in [0.25, 0.3) is 11.3 Å². The number of aryl methyl sites for hydroxylation is 1. The molecule has 5 aromatic rings. The molecular formula is C33H29N3O5S. The largest absolute Gasteiger partial charge is 0.508 e. The van der Waals surface area contributed by atoms with Crippen LogP contribution in [-0.2, 0) is 23.1 Å². The molecule has 212 valence electrons. The van der Waals surface area contributed by atoms with Gasteiger partial charge in [-0.3, -0.25) is 9.78 Å². The molecule has 0 aliphatic rings. The zero-order chi connectivity index (χ0) is 29.7. The van der Waals surface area contributed by atoms with Crippen molar-refractivity contribution in [3.63, 3.8) is 0 Å². The van der Waals surface area contributed by atoms with Crippen molar-refractivity contribution in [3.8, 4) is 22.8 Å². The normalized spacial score (nSPS) is 11.3. The Morgan fingerprint density at radius 1 is 0.833 bits per heavy atom. The molecule has 1 amide bonds. The molecule has 0 spiro atoms. The van der Waals surface area contributed by atoms with Gasteiger partial charge in [0.2, 0.25) is 10.0 Å². The van der Waals surface area contributed by atoms with Crippen LogP contribution in [0.5, 0.6) is 11.5 Å². The number of rotatable bonds is 9. The van der Waals surface area contributed by atoms with E-state index in [1.54, 1.807) is 30.0 Å². The summed E-state index contributed by atoms with van der Waals surface area (Å²) in [5.41, 5.74) is 4.42. The summed E-state index contributed by atoms with van der Waals surface area (Å²) >= 11 is 0. The minimum absolute atomic E-state index is 0.0583. The maximum absolute atomic E-state index is 13.6. The first kappa shape index (κ1) is 28.5. The van der Waals surface area contributed by atoms with Crippen LogP contribution in [0.2, 0.25) is 0 Å². The van der Waals surface area contributed by atoms with Gasteiger partial charge in [0.15, 0.2) is 0 Å². The molecule has 0 aliphatic carbocycles. The number of carbonyl (C=O) groups is 1. The molecule has 1 aromatic heterocycles. The van der Waals surface area contributed by atoms with Crippen LogP contribution in [-0.4, -0.2) is 29.5 Å². The van der Waals surface area contributed by atoms with Gasteiger partial charge in [-0.15, -0.1) is 0 Å². The number of aromatic nitrogens is 1. The number of hydrogen-bond donors (Lipinski definition) is 3. The summed E-state index contributed by atoms with van der Waals surface area (Å²) in [6.07, 6.45) is 1.34. The van der Waals surface area contributed by atoms with E-state index >= 15 is 0 Å². The van der Waals surface area contributed by atoms with Gasteiger partial charge in [-0.05, 0) is 53.9 Å². The van der Waals surface area contributed by atoms with Gasteiger partial charge < -0.3 is 15.1 Å². The molecule has 0 radical (unpaired) electrons. The third-order valence-electron chi connectivity index (χ3n) is 6.77. The Hall–Kier alpha value is -4.99. The Morgan fingerprint density at radius 2 is 1.48 bits per heavy atom. The Labute approximate surface area is 244 Å². The lowest BCUT2D eigenvalue weighted by Crippen LogP contribution is -2.30. The molecule has 9 heteroatoms. The van der Waals surface area contributed by atoms with Gasteiger partial charge >= 0.3 is 0 Å². The second-order valence-corrected chi connectivity index (χ2v) is 11.5. The summed E-state index contributed by atoms with van der Waals surface area (Å²) in [7, 11) is -3.76. The van der Waals surface area contributed by atoms with Crippen LogP contribution in [0, 0.1) is 6.92 Å². The Balaban J connectivity index is 1.40. The van der Waals surface area contributed by atoms with Gasteiger partial charge in [0, 0.05) is 30.1 Å². The zero-order valence-electron chi connectivity index (χ0n) is 22.8. The molecule has 0 atom stereocenters. The van der Waals surface area contributed by atoms with E-state index in [4.69, 9.17) is 0 Å². The first-order valence-corrected chi connectivity index (χ1v) is 14.7. The molecule has 0 bridgehead atoms. The highest BCUT2D eigenvalue weighted by atomic mass is 32.2. The Morgan fingerprint density at radius 3 is 2.10 bits per heavy atom. The number of hydrogen-bond acceptors (Lipinski definition) is 6. The van der Waals surface area contributed by atoms with Crippen LogP contribution in [0.1, 0.15) is 27.0 Å². The number of nitrogens with zero attached hydrogens (tertiary/aromatic N) is 2. The number of aromatic hydroxyl groups is 2. The number of benzene rings is 4. The lowest BCUT2D eigenvalue weighted by atomic mass is 10.1. The van der Waals surface area contributed by atoms with Crippen molar-refractivity contribution in [2.45, 2.75) is 24.9 Å². The third kappa shape index (κ3) is 6.49. The van der Waals surface area contributed by atoms with E-state index in [1.165, 1.54) is 18.3 Å². The molecule has 0 aliphatic heterocycles. The quantitative estimate of drug-likeness (QED) is 0.203. The van der Waals surface area contributed by atoms with Gasteiger partial charge in [0.1, 0.15) is 16.4 Å². The van der Waals surface area contributed by atoms with Crippen molar-refractivity contribution < 1.29 is 23.4 Å². The number of anilines is 1. The standard InChI is InChI=1S/C33H29N3O5S/c1-23-18-29(42(40,41)35-20-24-8-4-2-5-9-24)21-34-32(23)26-12-14-27(15-13-26)36(22-25-10-6-3-7-11-25)33(39)30-17-16-28(37)19-31(30)38/h2-19,21,35,37-38H,20,22H2,1H3. The third-order valence-corrected chi connectivity index (χ3v) is 8.13. The Kier molecular flexibility index (Phi) is 8.33. The fourth-order valence-corrected chi connectivity index (χ4v) is 5.59. The van der Waals surface area contributed by atoms with Crippen LogP contribution >= 0.6 is 0 Å². The van der Waals surface area contributed by atoms with Gasteiger partial charge in [0.05, 0.1) is 17.8 Å². The summed E-state index contributed by atoms with van der Waals surface area (Å²) in [6, 6.07) is 31.4. The molecule has 5 rings (SSSR count). The van der Waals surface area contributed by atoms with Crippen LogP contribution in [0.3, 0.4) is 0 Å². The van der Waals surface area contributed by atoms with E-state index in [-0.39, 0.29) is 35.0 Å². The fraction of sp³-hybridized carbons (Fsp3) is 0.0909. The van der Waals surface area contributed by atoms with Gasteiger partial charge in [-0.2, -0.15) is 0 Å². The number of sulfonamides is 1. The second kappa shape index (κ2) is 12.3. The number of phenols is 2. The number of nitrogens with one attached hydrogen (secondary N) is 1. The molecule has 8 nitrogen and oxygen atoms in total. The van der Waals surface area contributed by atoms with E-state index in [0.29, 0.717) is 16.9 Å². The fourth-order valence-electron chi connectivity index (χ4n) is 4.55. The highest BCUT2D eigenvalue weighted by Crippen LogP contribution is 2.30. The summed E-state index contributed by atoms with van der Waals surface area (Å²) in [5.74, 6) is -0.893. The van der Waals surface area contributed by atoms with Crippen molar-refractivity contribution in [1.29, 1.82) is 0 Å². The monoisotopic (exact) mass is 579 g/mol. The molecule has 0 saturated heterocycles. The average molecular weight is 580 g/mol. The molecule has 0 saturated carbocycles. The summed E-state index contributed by atoms with van der Waals surface area (Å²) < 4.78 is 28.4. The Bertz CT molecular complexity index is 1810. The van der Waals surface area contributed by atoms with E-state index in [0.717, 1.165) is 22.8 Å². The number of pyridine rings is 1. The predicted molar refractivity (Wildman–Crippen MR) is 162 cm³/mol. The molecule has 0 unspecified atom stereocenters. The molecular weight excluding hydrogens is 550 g/mol. The first-order chi connectivity index (χ1) is 20.2. The number of carbonyl (C=O) groups excluding carboxylic acids is 1. The summed E-state index contributed by atoms with van der Waals surface area (Å²) in [4.78, 5) is 19.6. The first-order valence-electron chi connectivity index (χ1n) is 13.2. The minimum Gasteiger partial charge on any atom is -0.508 e. The van der Waals surface area contributed by atoms with E-state index in [9.17, 15) is 23.4 Å². The molecule has 4 aromatic carbocycles. The van der Waals surface area contributed by atoms with Gasteiger partial charge in [-0.25, -0.2) is 13.1 Å². The lowest BCUT2D eigenvalue weighted by Gasteiger charge is -2.24. The van der Waals surface area contributed by atoms with Crippen molar-refractivity contribution >= 4 is 21.6 Å². The van der Waals surface area contributed by atoms with Crippen LogP contribution < -0.4 is 9.62 Å². The maximum atomic E-state index is 13.6. The predicted octanol–water partition coefficient (Wildman–Crippen LogP) is 5.79.